The Balaban J connectivity index is 2.52. The van der Waals surface area contributed by atoms with Gasteiger partial charge >= 0.3 is 0 Å². The van der Waals surface area contributed by atoms with E-state index in [0.29, 0.717) is 6.04 Å². The number of methoxy groups -OCH3 is 1. The molecule has 0 aromatic carbocycles. The van der Waals surface area contributed by atoms with E-state index < -0.39 is 0 Å². The molecule has 2 atom stereocenters. The first-order valence-corrected chi connectivity index (χ1v) is 7.27. The van der Waals surface area contributed by atoms with E-state index in [0.717, 1.165) is 50.6 Å². The van der Waals surface area contributed by atoms with Crippen molar-refractivity contribution in [3.63, 3.8) is 0 Å². The molecule has 0 spiro atoms. The summed E-state index contributed by atoms with van der Waals surface area (Å²) in [4.78, 5) is 4.49. The highest BCUT2D eigenvalue weighted by atomic mass is 16.5. The van der Waals surface area contributed by atoms with Gasteiger partial charge in [-0.25, -0.2) is 0 Å². The molecule has 0 saturated heterocycles. The SMILES string of the molecule is CCCNC(CC)C(C)c1nc(CCCOC)no1. The number of hydrogen-bond acceptors (Lipinski definition) is 5. The maximum absolute atomic E-state index is 5.38. The van der Waals surface area contributed by atoms with Gasteiger partial charge in [0.25, 0.3) is 0 Å². The van der Waals surface area contributed by atoms with Gasteiger partial charge in [-0.05, 0) is 25.8 Å². The van der Waals surface area contributed by atoms with Crippen molar-refractivity contribution in [2.75, 3.05) is 20.3 Å². The molecule has 0 aliphatic rings. The minimum atomic E-state index is 0.250. The summed E-state index contributed by atoms with van der Waals surface area (Å²) in [5.41, 5.74) is 0. The quantitative estimate of drug-likeness (QED) is 0.661. The summed E-state index contributed by atoms with van der Waals surface area (Å²) < 4.78 is 10.4. The summed E-state index contributed by atoms with van der Waals surface area (Å²) in [5.74, 6) is 1.77. The molecule has 110 valence electrons. The van der Waals surface area contributed by atoms with Crippen LogP contribution in [0, 0.1) is 0 Å². The lowest BCUT2D eigenvalue weighted by molar-refractivity contribution is 0.194. The summed E-state index contributed by atoms with van der Waals surface area (Å²) in [6.07, 6.45) is 3.93. The fourth-order valence-electron chi connectivity index (χ4n) is 2.11. The van der Waals surface area contributed by atoms with Crippen molar-refractivity contribution < 1.29 is 9.26 Å². The number of aryl methyl sites for hydroxylation is 1. The number of rotatable bonds is 10. The van der Waals surface area contributed by atoms with Gasteiger partial charge in [-0.1, -0.05) is 25.9 Å². The van der Waals surface area contributed by atoms with Crippen LogP contribution in [-0.4, -0.2) is 36.4 Å². The van der Waals surface area contributed by atoms with Gasteiger partial charge in [0.1, 0.15) is 0 Å². The van der Waals surface area contributed by atoms with Gasteiger partial charge < -0.3 is 14.6 Å². The Morgan fingerprint density at radius 3 is 2.79 bits per heavy atom. The highest BCUT2D eigenvalue weighted by Gasteiger charge is 2.22. The van der Waals surface area contributed by atoms with Crippen molar-refractivity contribution in [1.82, 2.24) is 15.5 Å². The highest BCUT2D eigenvalue weighted by molar-refractivity contribution is 4.97. The molecule has 2 unspecified atom stereocenters. The van der Waals surface area contributed by atoms with Gasteiger partial charge in [-0.2, -0.15) is 4.98 Å². The molecule has 0 aliphatic heterocycles. The average molecular weight is 269 g/mol. The summed E-state index contributed by atoms with van der Waals surface area (Å²) in [6.45, 7) is 8.25. The summed E-state index contributed by atoms with van der Waals surface area (Å²) in [5, 5.41) is 7.57. The standard InChI is InChI=1S/C14H27N3O2/c1-5-9-15-12(6-2)11(3)14-16-13(17-19-14)8-7-10-18-4/h11-12,15H,5-10H2,1-4H3. The van der Waals surface area contributed by atoms with Crippen LogP contribution in [0.2, 0.25) is 0 Å². The molecular formula is C14H27N3O2. The van der Waals surface area contributed by atoms with Gasteiger partial charge in [-0.3, -0.25) is 0 Å². The van der Waals surface area contributed by atoms with E-state index in [-0.39, 0.29) is 5.92 Å². The van der Waals surface area contributed by atoms with Crippen molar-refractivity contribution in [2.45, 2.75) is 58.4 Å². The second kappa shape index (κ2) is 9.04. The molecule has 1 N–H and O–H groups in total. The molecule has 0 amide bonds. The molecule has 1 aromatic heterocycles. The molecule has 5 nitrogen and oxygen atoms in total. The lowest BCUT2D eigenvalue weighted by Gasteiger charge is -2.20. The molecule has 19 heavy (non-hydrogen) atoms. The van der Waals surface area contributed by atoms with Crippen molar-refractivity contribution in [3.8, 4) is 0 Å². The maximum atomic E-state index is 5.38. The molecule has 0 aliphatic carbocycles. The fourth-order valence-corrected chi connectivity index (χ4v) is 2.11. The van der Waals surface area contributed by atoms with Gasteiger partial charge in [0, 0.05) is 26.2 Å². The Labute approximate surface area is 116 Å². The molecule has 1 heterocycles. The second-order valence-corrected chi connectivity index (χ2v) is 4.90. The zero-order valence-corrected chi connectivity index (χ0v) is 12.6. The molecule has 1 aromatic rings. The summed E-state index contributed by atoms with van der Waals surface area (Å²) in [6, 6.07) is 0.396. The molecular weight excluding hydrogens is 242 g/mol. The third kappa shape index (κ3) is 5.28. The minimum Gasteiger partial charge on any atom is -0.385 e. The van der Waals surface area contributed by atoms with E-state index in [1.165, 1.54) is 0 Å². The smallest absolute Gasteiger partial charge is 0.231 e. The van der Waals surface area contributed by atoms with Crippen LogP contribution in [-0.2, 0) is 11.2 Å². The Morgan fingerprint density at radius 2 is 2.16 bits per heavy atom. The maximum Gasteiger partial charge on any atom is 0.231 e. The van der Waals surface area contributed by atoms with Crippen LogP contribution in [0.15, 0.2) is 4.52 Å². The lowest BCUT2D eigenvalue weighted by Crippen LogP contribution is -2.33. The van der Waals surface area contributed by atoms with Crippen LogP contribution < -0.4 is 5.32 Å². The molecule has 0 saturated carbocycles. The minimum absolute atomic E-state index is 0.250. The lowest BCUT2D eigenvalue weighted by atomic mass is 9.99. The molecule has 0 radical (unpaired) electrons. The first kappa shape index (κ1) is 16.1. The Kier molecular flexibility index (Phi) is 7.67. The Bertz CT molecular complexity index is 341. The first-order chi connectivity index (χ1) is 9.22. The van der Waals surface area contributed by atoms with Gasteiger partial charge in [0.15, 0.2) is 5.82 Å². The summed E-state index contributed by atoms with van der Waals surface area (Å²) >= 11 is 0. The highest BCUT2D eigenvalue weighted by Crippen LogP contribution is 2.19. The predicted octanol–water partition coefficient (Wildman–Crippen LogP) is 2.53. The van der Waals surface area contributed by atoms with Crippen molar-refractivity contribution in [1.29, 1.82) is 0 Å². The topological polar surface area (TPSA) is 60.2 Å². The van der Waals surface area contributed by atoms with Crippen LogP contribution in [0.5, 0.6) is 0 Å². The molecule has 1 rings (SSSR count). The van der Waals surface area contributed by atoms with Crippen LogP contribution >= 0.6 is 0 Å². The number of nitrogens with one attached hydrogen (secondary N) is 1. The first-order valence-electron chi connectivity index (χ1n) is 7.27. The third-order valence-electron chi connectivity index (χ3n) is 3.32. The van der Waals surface area contributed by atoms with Crippen LogP contribution in [0.3, 0.4) is 0 Å². The normalized spacial score (nSPS) is 14.5. The second-order valence-electron chi connectivity index (χ2n) is 4.90. The third-order valence-corrected chi connectivity index (χ3v) is 3.32. The molecule has 5 heteroatoms. The Morgan fingerprint density at radius 1 is 1.37 bits per heavy atom. The zero-order chi connectivity index (χ0) is 14.1. The molecule has 0 fully saturated rings. The van der Waals surface area contributed by atoms with E-state index >= 15 is 0 Å². The largest absolute Gasteiger partial charge is 0.385 e. The van der Waals surface area contributed by atoms with Crippen molar-refractivity contribution in [3.05, 3.63) is 11.7 Å². The van der Waals surface area contributed by atoms with E-state index in [2.05, 4.69) is 36.2 Å². The van der Waals surface area contributed by atoms with Crippen LogP contribution in [0.25, 0.3) is 0 Å². The number of nitrogens with zero attached hydrogens (tertiary/aromatic N) is 2. The van der Waals surface area contributed by atoms with Crippen molar-refractivity contribution >= 4 is 0 Å². The van der Waals surface area contributed by atoms with E-state index in [1.54, 1.807) is 7.11 Å². The van der Waals surface area contributed by atoms with Crippen LogP contribution in [0.4, 0.5) is 0 Å². The van der Waals surface area contributed by atoms with Gasteiger partial charge in [0.05, 0.1) is 5.92 Å². The monoisotopic (exact) mass is 269 g/mol. The van der Waals surface area contributed by atoms with Gasteiger partial charge in [-0.15, -0.1) is 0 Å². The van der Waals surface area contributed by atoms with Crippen molar-refractivity contribution in [2.24, 2.45) is 0 Å². The Hall–Kier alpha value is -0.940. The average Bonchev–Trinajstić information content (AvgIpc) is 2.88. The fraction of sp³-hybridized carbons (Fsp3) is 0.857. The number of aromatic nitrogens is 2. The van der Waals surface area contributed by atoms with Gasteiger partial charge in [0.2, 0.25) is 5.89 Å². The van der Waals surface area contributed by atoms with E-state index in [4.69, 9.17) is 9.26 Å². The van der Waals surface area contributed by atoms with E-state index in [9.17, 15) is 0 Å². The predicted molar refractivity (Wildman–Crippen MR) is 75.3 cm³/mol. The van der Waals surface area contributed by atoms with E-state index in [1.807, 2.05) is 0 Å². The zero-order valence-electron chi connectivity index (χ0n) is 12.6. The number of ether oxygens (including phenoxy) is 1. The summed E-state index contributed by atoms with van der Waals surface area (Å²) in [7, 11) is 1.70. The number of hydrogen-bond donors (Lipinski definition) is 1. The molecule has 0 bridgehead atoms. The van der Waals surface area contributed by atoms with Crippen LogP contribution in [0.1, 0.15) is 57.7 Å².